The fourth-order valence-corrected chi connectivity index (χ4v) is 3.19. The van der Waals surface area contributed by atoms with Crippen LogP contribution in [-0.2, 0) is 23.1 Å². The number of nitrogens with one attached hydrogen (secondary N) is 1. The lowest BCUT2D eigenvalue weighted by atomic mass is 9.80. The minimum Gasteiger partial charge on any atom is -0.310 e. The van der Waals surface area contributed by atoms with Gasteiger partial charge in [-0.05, 0) is 24.1 Å². The number of pyridine rings is 2. The molecule has 1 atom stereocenters. The van der Waals surface area contributed by atoms with E-state index in [0.717, 1.165) is 23.1 Å². The van der Waals surface area contributed by atoms with Crippen LogP contribution in [0.2, 0.25) is 0 Å². The van der Waals surface area contributed by atoms with Crippen LogP contribution in [0.25, 0.3) is 0 Å². The minimum atomic E-state index is -0.611. The Labute approximate surface area is 115 Å². The second-order valence-corrected chi connectivity index (χ2v) is 5.25. The van der Waals surface area contributed by atoms with E-state index in [0.29, 0.717) is 24.4 Å². The fourth-order valence-electron chi connectivity index (χ4n) is 3.19. The first kappa shape index (κ1) is 11.3. The molecule has 0 saturated heterocycles. The number of hydrogen-bond acceptors (Lipinski definition) is 4. The van der Waals surface area contributed by atoms with E-state index in [1.54, 1.807) is 12.3 Å². The Balaban J connectivity index is 1.85. The zero-order valence-corrected chi connectivity index (χ0v) is 10.6. The van der Waals surface area contributed by atoms with Crippen molar-refractivity contribution in [3.63, 3.8) is 0 Å². The molecule has 0 aromatic carbocycles. The summed E-state index contributed by atoms with van der Waals surface area (Å²) in [7, 11) is 0. The summed E-state index contributed by atoms with van der Waals surface area (Å²) in [6.45, 7) is 0. The van der Waals surface area contributed by atoms with Crippen molar-refractivity contribution in [2.24, 2.45) is 0 Å². The number of amides is 1. The van der Waals surface area contributed by atoms with Crippen molar-refractivity contribution in [3.05, 3.63) is 53.0 Å². The number of aromatic nitrogens is 2. The molecular weight excluding hydrogens is 254 g/mol. The highest BCUT2D eigenvalue weighted by atomic mass is 16.2. The number of anilines is 1. The first-order valence-corrected chi connectivity index (χ1v) is 6.44. The first-order valence-electron chi connectivity index (χ1n) is 6.44. The Morgan fingerprint density at radius 1 is 1.25 bits per heavy atom. The maximum atomic E-state index is 12.4. The van der Waals surface area contributed by atoms with Gasteiger partial charge in [-0.1, -0.05) is 12.1 Å². The highest BCUT2D eigenvalue weighted by Crippen LogP contribution is 2.45. The smallest absolute Gasteiger partial charge is 0.237 e. The summed E-state index contributed by atoms with van der Waals surface area (Å²) in [5.41, 5.74) is 2.59. The highest BCUT2D eigenvalue weighted by Gasteiger charge is 2.51. The third kappa shape index (κ3) is 1.32. The normalized spacial score (nSPS) is 22.5. The molecule has 5 heteroatoms. The standard InChI is InChI=1S/C15H11N3O2/c19-8-10-4-3-9-6-15(7-12(9)17-10)11-2-1-5-16-13(11)18-14(15)20/h1-5,8H,6-7H2,(H,16,18,20). The van der Waals surface area contributed by atoms with E-state index in [1.165, 1.54) is 0 Å². The van der Waals surface area contributed by atoms with Crippen molar-refractivity contribution in [1.29, 1.82) is 0 Å². The molecule has 0 radical (unpaired) electrons. The van der Waals surface area contributed by atoms with E-state index in [-0.39, 0.29) is 5.91 Å². The molecule has 2 aromatic rings. The van der Waals surface area contributed by atoms with Crippen LogP contribution in [0, 0.1) is 0 Å². The summed E-state index contributed by atoms with van der Waals surface area (Å²) in [5, 5.41) is 2.85. The summed E-state index contributed by atoms with van der Waals surface area (Å²) >= 11 is 0. The third-order valence-electron chi connectivity index (χ3n) is 4.16. The lowest BCUT2D eigenvalue weighted by molar-refractivity contribution is -0.120. The molecule has 1 amide bonds. The molecule has 98 valence electrons. The van der Waals surface area contributed by atoms with Gasteiger partial charge < -0.3 is 5.32 Å². The minimum absolute atomic E-state index is 0.0307. The molecule has 3 heterocycles. The highest BCUT2D eigenvalue weighted by molar-refractivity contribution is 6.06. The Morgan fingerprint density at radius 3 is 3.00 bits per heavy atom. The number of fused-ring (bicyclic) bond motifs is 3. The molecule has 5 nitrogen and oxygen atoms in total. The summed E-state index contributed by atoms with van der Waals surface area (Å²) in [5.74, 6) is 0.609. The second kappa shape index (κ2) is 3.72. The molecule has 1 unspecified atom stereocenters. The van der Waals surface area contributed by atoms with E-state index >= 15 is 0 Å². The molecule has 1 N–H and O–H groups in total. The number of carbonyl (C=O) groups is 2. The fraction of sp³-hybridized carbons (Fsp3) is 0.200. The van der Waals surface area contributed by atoms with Gasteiger partial charge in [-0.15, -0.1) is 0 Å². The average molecular weight is 265 g/mol. The molecule has 4 rings (SSSR count). The number of hydrogen-bond donors (Lipinski definition) is 1. The van der Waals surface area contributed by atoms with Gasteiger partial charge in [0, 0.05) is 23.9 Å². The van der Waals surface area contributed by atoms with Gasteiger partial charge in [-0.2, -0.15) is 0 Å². The van der Waals surface area contributed by atoms with Crippen molar-refractivity contribution in [2.45, 2.75) is 18.3 Å². The number of carbonyl (C=O) groups excluding carboxylic acids is 2. The van der Waals surface area contributed by atoms with Gasteiger partial charge in [0.05, 0.1) is 5.41 Å². The first-order chi connectivity index (χ1) is 9.73. The SMILES string of the molecule is O=Cc1ccc2c(n1)CC1(C2)C(=O)Nc2ncccc21. The predicted molar refractivity (Wildman–Crippen MR) is 71.6 cm³/mol. The van der Waals surface area contributed by atoms with E-state index in [4.69, 9.17) is 0 Å². The van der Waals surface area contributed by atoms with Crippen LogP contribution >= 0.6 is 0 Å². The van der Waals surface area contributed by atoms with Gasteiger partial charge in [-0.3, -0.25) is 9.59 Å². The molecule has 2 aromatic heterocycles. The maximum absolute atomic E-state index is 12.4. The largest absolute Gasteiger partial charge is 0.310 e. The molecule has 1 spiro atoms. The lowest BCUT2D eigenvalue weighted by Crippen LogP contribution is -2.35. The third-order valence-corrected chi connectivity index (χ3v) is 4.16. The monoisotopic (exact) mass is 265 g/mol. The van der Waals surface area contributed by atoms with Crippen LogP contribution in [0.1, 0.15) is 27.3 Å². The summed E-state index contributed by atoms with van der Waals surface area (Å²) in [6, 6.07) is 7.37. The number of aldehydes is 1. The Hall–Kier alpha value is -2.56. The summed E-state index contributed by atoms with van der Waals surface area (Å²) < 4.78 is 0. The second-order valence-electron chi connectivity index (χ2n) is 5.25. The van der Waals surface area contributed by atoms with Gasteiger partial charge in [-0.25, -0.2) is 9.97 Å². The Bertz CT molecular complexity index is 757. The maximum Gasteiger partial charge on any atom is 0.237 e. The zero-order chi connectivity index (χ0) is 13.7. The molecule has 1 aliphatic heterocycles. The quantitative estimate of drug-likeness (QED) is 0.788. The van der Waals surface area contributed by atoms with Crippen LogP contribution in [-0.4, -0.2) is 22.2 Å². The van der Waals surface area contributed by atoms with E-state index in [2.05, 4.69) is 15.3 Å². The molecule has 1 aliphatic carbocycles. The van der Waals surface area contributed by atoms with Gasteiger partial charge >= 0.3 is 0 Å². The molecule has 0 bridgehead atoms. The van der Waals surface area contributed by atoms with E-state index < -0.39 is 5.41 Å². The molecule has 20 heavy (non-hydrogen) atoms. The van der Waals surface area contributed by atoms with Crippen molar-refractivity contribution in [2.75, 3.05) is 5.32 Å². The van der Waals surface area contributed by atoms with E-state index in [1.807, 2.05) is 18.2 Å². The van der Waals surface area contributed by atoms with Crippen LogP contribution in [0.3, 0.4) is 0 Å². The van der Waals surface area contributed by atoms with Gasteiger partial charge in [0.15, 0.2) is 6.29 Å². The Morgan fingerprint density at radius 2 is 2.15 bits per heavy atom. The van der Waals surface area contributed by atoms with Crippen LogP contribution in [0.15, 0.2) is 30.5 Å². The van der Waals surface area contributed by atoms with Crippen molar-refractivity contribution >= 4 is 18.0 Å². The molecule has 0 saturated carbocycles. The summed E-state index contributed by atoms with van der Waals surface area (Å²) in [4.78, 5) is 31.8. The summed E-state index contributed by atoms with van der Waals surface area (Å²) in [6.07, 6.45) is 3.53. The van der Waals surface area contributed by atoms with E-state index in [9.17, 15) is 9.59 Å². The Kier molecular flexibility index (Phi) is 2.10. The number of nitrogens with zero attached hydrogens (tertiary/aromatic N) is 2. The van der Waals surface area contributed by atoms with Crippen LogP contribution in [0.4, 0.5) is 5.82 Å². The van der Waals surface area contributed by atoms with Crippen LogP contribution in [0.5, 0.6) is 0 Å². The van der Waals surface area contributed by atoms with Crippen molar-refractivity contribution in [1.82, 2.24) is 9.97 Å². The zero-order valence-electron chi connectivity index (χ0n) is 10.6. The van der Waals surface area contributed by atoms with Crippen molar-refractivity contribution < 1.29 is 9.59 Å². The molecular formula is C15H11N3O2. The topological polar surface area (TPSA) is 72.0 Å². The van der Waals surface area contributed by atoms with Gasteiger partial charge in [0.2, 0.25) is 5.91 Å². The molecule has 2 aliphatic rings. The van der Waals surface area contributed by atoms with Gasteiger partial charge in [0.1, 0.15) is 11.5 Å². The van der Waals surface area contributed by atoms with Gasteiger partial charge in [0.25, 0.3) is 0 Å². The lowest BCUT2D eigenvalue weighted by Gasteiger charge is -2.19. The van der Waals surface area contributed by atoms with Crippen molar-refractivity contribution in [3.8, 4) is 0 Å². The predicted octanol–water partition coefficient (Wildman–Crippen LogP) is 1.28. The number of rotatable bonds is 1. The molecule has 0 fully saturated rings. The van der Waals surface area contributed by atoms with Crippen LogP contribution < -0.4 is 5.32 Å². The average Bonchev–Trinajstić information content (AvgIpc) is 2.98.